The average molecular weight is 460 g/mol. The number of hydrogen-bond acceptors (Lipinski definition) is 5. The Balaban J connectivity index is 1.49. The number of para-hydroxylation sites is 1. The minimum atomic E-state index is -0.875. The fraction of sp³-hybridized carbons (Fsp3) is 0.435. The van der Waals surface area contributed by atoms with Crippen molar-refractivity contribution in [2.45, 2.75) is 44.7 Å². The number of ether oxygens (including phenoxy) is 1. The Bertz CT molecular complexity index is 1030. The number of halogens is 2. The number of nitrogens with one attached hydrogen (secondary N) is 1. The minimum Gasteiger partial charge on any atom is -0.453 e. The first-order valence-corrected chi connectivity index (χ1v) is 11.0. The zero-order valence-corrected chi connectivity index (χ0v) is 18.0. The third kappa shape index (κ3) is 5.39. The molecule has 1 atom stereocenters. The Labute approximate surface area is 189 Å². The van der Waals surface area contributed by atoms with Crippen molar-refractivity contribution < 1.29 is 28.2 Å². The van der Waals surface area contributed by atoms with Crippen LogP contribution in [0, 0.1) is 17.6 Å². The van der Waals surface area contributed by atoms with Crippen LogP contribution in [0.5, 0.6) is 5.75 Å². The van der Waals surface area contributed by atoms with Crippen molar-refractivity contribution in [2.24, 2.45) is 5.92 Å². The molecule has 0 unspecified atom stereocenters. The molecule has 2 heterocycles. The highest BCUT2D eigenvalue weighted by molar-refractivity contribution is 5.99. The molecule has 1 saturated carbocycles. The monoisotopic (exact) mass is 460 g/mol. The van der Waals surface area contributed by atoms with E-state index in [4.69, 9.17) is 9.84 Å². The predicted molar refractivity (Wildman–Crippen MR) is 115 cm³/mol. The lowest BCUT2D eigenvalue weighted by Crippen LogP contribution is -2.46. The average Bonchev–Trinajstić information content (AvgIpc) is 3.52. The van der Waals surface area contributed by atoms with Crippen LogP contribution in [0.15, 0.2) is 42.3 Å². The molecule has 10 heteroatoms. The zero-order chi connectivity index (χ0) is 23.4. The van der Waals surface area contributed by atoms with Crippen LogP contribution in [0.3, 0.4) is 0 Å². The fourth-order valence-corrected chi connectivity index (χ4v) is 4.35. The Kier molecular flexibility index (Phi) is 7.02. The van der Waals surface area contributed by atoms with Gasteiger partial charge >= 0.3 is 0 Å². The SMILES string of the molecule is O=C(Nc1ccn(CCO)n1)[C@H](CC1CCCC1)N1CC(Oc2c(F)cccc2F)=CC1=O. The quantitative estimate of drug-likeness (QED) is 0.600. The van der Waals surface area contributed by atoms with Crippen molar-refractivity contribution >= 4 is 17.6 Å². The topological polar surface area (TPSA) is 96.7 Å². The van der Waals surface area contributed by atoms with E-state index in [9.17, 15) is 18.4 Å². The molecule has 2 aromatic rings. The number of benzene rings is 1. The molecule has 1 aromatic heterocycles. The van der Waals surface area contributed by atoms with Gasteiger partial charge < -0.3 is 20.1 Å². The van der Waals surface area contributed by atoms with Crippen LogP contribution in [0.1, 0.15) is 32.1 Å². The highest BCUT2D eigenvalue weighted by Gasteiger charge is 2.37. The lowest BCUT2D eigenvalue weighted by atomic mass is 9.96. The molecule has 4 rings (SSSR count). The number of rotatable bonds is 9. The van der Waals surface area contributed by atoms with Crippen LogP contribution in [0.25, 0.3) is 0 Å². The number of carbonyl (C=O) groups is 2. The molecular formula is C23H26F2N4O4. The summed E-state index contributed by atoms with van der Waals surface area (Å²) in [7, 11) is 0. The second kappa shape index (κ2) is 10.1. The first kappa shape index (κ1) is 22.9. The van der Waals surface area contributed by atoms with Gasteiger partial charge in [0.2, 0.25) is 5.91 Å². The number of aliphatic hydroxyl groups is 1. The molecule has 1 aliphatic heterocycles. The maximum atomic E-state index is 14.0. The number of nitrogens with zero attached hydrogens (tertiary/aromatic N) is 3. The predicted octanol–water partition coefficient (Wildman–Crippen LogP) is 2.85. The molecule has 1 aliphatic carbocycles. The van der Waals surface area contributed by atoms with Gasteiger partial charge in [-0.1, -0.05) is 31.7 Å². The van der Waals surface area contributed by atoms with Crippen molar-refractivity contribution in [3.8, 4) is 5.75 Å². The number of aliphatic hydroxyl groups excluding tert-OH is 1. The summed E-state index contributed by atoms with van der Waals surface area (Å²) in [5.74, 6) is -2.49. The molecule has 33 heavy (non-hydrogen) atoms. The van der Waals surface area contributed by atoms with Gasteiger partial charge in [-0.05, 0) is 24.5 Å². The van der Waals surface area contributed by atoms with Crippen LogP contribution < -0.4 is 10.1 Å². The van der Waals surface area contributed by atoms with Gasteiger partial charge in [0.15, 0.2) is 23.2 Å². The highest BCUT2D eigenvalue weighted by Crippen LogP contribution is 2.32. The molecule has 2 aliphatic rings. The van der Waals surface area contributed by atoms with E-state index in [1.807, 2.05) is 0 Å². The Morgan fingerprint density at radius 3 is 2.67 bits per heavy atom. The molecular weight excluding hydrogens is 434 g/mol. The van der Waals surface area contributed by atoms with Gasteiger partial charge in [-0.15, -0.1) is 0 Å². The summed E-state index contributed by atoms with van der Waals surface area (Å²) in [5, 5.41) is 16.0. The summed E-state index contributed by atoms with van der Waals surface area (Å²) >= 11 is 0. The summed E-state index contributed by atoms with van der Waals surface area (Å²) in [6.45, 7) is 0.137. The van der Waals surface area contributed by atoms with E-state index < -0.39 is 35.2 Å². The van der Waals surface area contributed by atoms with Crippen LogP contribution >= 0.6 is 0 Å². The van der Waals surface area contributed by atoms with Gasteiger partial charge in [0.1, 0.15) is 11.8 Å². The zero-order valence-electron chi connectivity index (χ0n) is 18.0. The van der Waals surface area contributed by atoms with Crippen LogP contribution in [0.2, 0.25) is 0 Å². The number of amides is 2. The molecule has 0 radical (unpaired) electrons. The maximum absolute atomic E-state index is 14.0. The normalized spacial score (nSPS) is 17.4. The Morgan fingerprint density at radius 1 is 1.24 bits per heavy atom. The molecule has 8 nitrogen and oxygen atoms in total. The van der Waals surface area contributed by atoms with Crippen molar-refractivity contribution in [3.05, 3.63) is 53.9 Å². The molecule has 1 fully saturated rings. The van der Waals surface area contributed by atoms with E-state index in [2.05, 4.69) is 10.4 Å². The van der Waals surface area contributed by atoms with Crippen LogP contribution in [-0.4, -0.2) is 50.8 Å². The maximum Gasteiger partial charge on any atom is 0.251 e. The van der Waals surface area contributed by atoms with Crippen LogP contribution in [0.4, 0.5) is 14.6 Å². The summed E-state index contributed by atoms with van der Waals surface area (Å²) in [6, 6.07) is 4.19. The Hall–Kier alpha value is -3.27. The third-order valence-corrected chi connectivity index (χ3v) is 5.98. The summed E-state index contributed by atoms with van der Waals surface area (Å²) in [5.41, 5.74) is 0. The number of aromatic nitrogens is 2. The molecule has 176 valence electrons. The lowest BCUT2D eigenvalue weighted by Gasteiger charge is -2.29. The smallest absolute Gasteiger partial charge is 0.251 e. The van der Waals surface area contributed by atoms with Gasteiger partial charge in [-0.25, -0.2) is 8.78 Å². The lowest BCUT2D eigenvalue weighted by molar-refractivity contribution is -0.134. The van der Waals surface area contributed by atoms with Crippen molar-refractivity contribution in [3.63, 3.8) is 0 Å². The summed E-state index contributed by atoms with van der Waals surface area (Å²) in [6.07, 6.45) is 7.40. The molecule has 1 aromatic carbocycles. The summed E-state index contributed by atoms with van der Waals surface area (Å²) < 4.78 is 34.8. The number of hydrogen-bond donors (Lipinski definition) is 2. The largest absolute Gasteiger partial charge is 0.453 e. The van der Waals surface area contributed by atoms with E-state index >= 15 is 0 Å². The molecule has 2 N–H and O–H groups in total. The van der Waals surface area contributed by atoms with Crippen LogP contribution in [-0.2, 0) is 16.1 Å². The highest BCUT2D eigenvalue weighted by atomic mass is 19.1. The molecule has 0 saturated heterocycles. The molecule has 2 amide bonds. The van der Waals surface area contributed by atoms with E-state index in [-0.39, 0.29) is 18.9 Å². The van der Waals surface area contributed by atoms with Gasteiger partial charge in [0.25, 0.3) is 5.91 Å². The Morgan fingerprint density at radius 2 is 1.97 bits per heavy atom. The van der Waals surface area contributed by atoms with Crippen molar-refractivity contribution in [2.75, 3.05) is 18.5 Å². The van der Waals surface area contributed by atoms with Gasteiger partial charge in [-0.2, -0.15) is 5.10 Å². The standard InChI is InChI=1S/C23H26F2N4O4/c24-17-6-3-7-18(25)22(17)33-16-13-21(31)29(14-16)19(12-15-4-1-2-5-15)23(32)26-20-8-9-28(27-20)10-11-30/h3,6-9,13,15,19,30H,1-2,4-5,10-12,14H2,(H,26,27,32)/t19-/m0/s1. The van der Waals surface area contributed by atoms with Gasteiger partial charge in [0.05, 0.1) is 19.7 Å². The van der Waals surface area contributed by atoms with Gasteiger partial charge in [0, 0.05) is 18.3 Å². The molecule has 0 spiro atoms. The van der Waals surface area contributed by atoms with E-state index in [0.29, 0.717) is 24.7 Å². The third-order valence-electron chi connectivity index (χ3n) is 5.98. The first-order chi connectivity index (χ1) is 15.9. The fourth-order valence-electron chi connectivity index (χ4n) is 4.35. The van der Waals surface area contributed by atoms with Crippen molar-refractivity contribution in [1.29, 1.82) is 0 Å². The number of carbonyl (C=O) groups excluding carboxylic acids is 2. The summed E-state index contributed by atoms with van der Waals surface area (Å²) in [4.78, 5) is 27.3. The van der Waals surface area contributed by atoms with Crippen molar-refractivity contribution in [1.82, 2.24) is 14.7 Å². The minimum absolute atomic E-state index is 0.0699. The second-order valence-corrected chi connectivity index (χ2v) is 8.31. The second-order valence-electron chi connectivity index (χ2n) is 8.31. The first-order valence-electron chi connectivity index (χ1n) is 11.0. The van der Waals surface area contributed by atoms with E-state index in [1.54, 1.807) is 12.3 Å². The molecule has 0 bridgehead atoms. The van der Waals surface area contributed by atoms with Gasteiger partial charge in [-0.3, -0.25) is 14.3 Å². The van der Waals surface area contributed by atoms with E-state index in [1.165, 1.54) is 15.6 Å². The van der Waals surface area contributed by atoms with E-state index in [0.717, 1.165) is 43.9 Å². The number of anilines is 1.